The highest BCUT2D eigenvalue weighted by Gasteiger charge is 2.19. The molecule has 1 heterocycles. The second-order valence-electron chi connectivity index (χ2n) is 6.10. The van der Waals surface area contributed by atoms with Gasteiger partial charge in [0.15, 0.2) is 0 Å². The van der Waals surface area contributed by atoms with Gasteiger partial charge in [0.05, 0.1) is 17.1 Å². The lowest BCUT2D eigenvalue weighted by Crippen LogP contribution is -2.17. The van der Waals surface area contributed by atoms with Gasteiger partial charge < -0.3 is 5.32 Å². The van der Waals surface area contributed by atoms with E-state index in [1.807, 2.05) is 30.3 Å². The van der Waals surface area contributed by atoms with Crippen molar-refractivity contribution >= 4 is 11.6 Å². The normalized spacial score (nSPS) is 10.6. The number of carbonyl (C=O) groups excluding carboxylic acids is 1. The topological polar surface area (TPSA) is 46.9 Å². The number of anilines is 1. The van der Waals surface area contributed by atoms with Crippen molar-refractivity contribution in [2.24, 2.45) is 0 Å². The highest BCUT2D eigenvalue weighted by Crippen LogP contribution is 2.23. The molecule has 4 nitrogen and oxygen atoms in total. The predicted molar refractivity (Wildman–Crippen MR) is 103 cm³/mol. The molecule has 0 saturated carbocycles. The van der Waals surface area contributed by atoms with Crippen LogP contribution in [0.4, 0.5) is 14.5 Å². The Labute approximate surface area is 160 Å². The molecule has 28 heavy (non-hydrogen) atoms. The van der Waals surface area contributed by atoms with Gasteiger partial charge in [0.25, 0.3) is 5.91 Å². The third kappa shape index (κ3) is 3.53. The Hall–Kier alpha value is -3.80. The van der Waals surface area contributed by atoms with Gasteiger partial charge in [-0.05, 0) is 42.5 Å². The lowest BCUT2D eigenvalue weighted by molar-refractivity contribution is 0.101. The summed E-state index contributed by atoms with van der Waals surface area (Å²) in [4.78, 5) is 12.9. The van der Waals surface area contributed by atoms with Crippen molar-refractivity contribution < 1.29 is 13.6 Å². The molecular formula is C22H15F2N3O. The van der Waals surface area contributed by atoms with Gasteiger partial charge in [-0.2, -0.15) is 5.10 Å². The van der Waals surface area contributed by atoms with Crippen LogP contribution in [-0.2, 0) is 0 Å². The number of carbonyl (C=O) groups is 1. The van der Waals surface area contributed by atoms with Gasteiger partial charge in [-0.15, -0.1) is 0 Å². The number of benzene rings is 3. The van der Waals surface area contributed by atoms with Gasteiger partial charge in [0.1, 0.15) is 17.3 Å². The van der Waals surface area contributed by atoms with E-state index in [1.54, 1.807) is 18.2 Å². The molecule has 0 fully saturated rings. The zero-order valence-electron chi connectivity index (χ0n) is 14.6. The quantitative estimate of drug-likeness (QED) is 0.541. The first-order valence-electron chi connectivity index (χ1n) is 8.59. The number of para-hydroxylation sites is 1. The van der Waals surface area contributed by atoms with Crippen LogP contribution in [0, 0.1) is 11.6 Å². The Kier molecular flexibility index (Phi) is 4.68. The smallest absolute Gasteiger partial charge is 0.274 e. The molecule has 0 aliphatic carbocycles. The van der Waals surface area contributed by atoms with Gasteiger partial charge >= 0.3 is 0 Å². The third-order valence-electron chi connectivity index (χ3n) is 4.20. The maximum Gasteiger partial charge on any atom is 0.274 e. The van der Waals surface area contributed by atoms with Crippen LogP contribution in [0.1, 0.15) is 10.5 Å². The van der Waals surface area contributed by atoms with E-state index < -0.39 is 17.5 Å². The van der Waals surface area contributed by atoms with Crippen molar-refractivity contribution in [2.75, 3.05) is 5.32 Å². The lowest BCUT2D eigenvalue weighted by atomic mass is 10.1. The minimum atomic E-state index is -0.535. The summed E-state index contributed by atoms with van der Waals surface area (Å²) in [5.41, 5.74) is 2.18. The minimum Gasteiger partial charge on any atom is -0.318 e. The molecule has 0 bridgehead atoms. The first-order chi connectivity index (χ1) is 13.6. The number of nitrogens with one attached hydrogen (secondary N) is 1. The van der Waals surface area contributed by atoms with Crippen LogP contribution in [0.15, 0.2) is 84.9 Å². The summed E-state index contributed by atoms with van der Waals surface area (Å²) < 4.78 is 28.7. The standard InChI is InChI=1S/C22H15F2N3O/c23-16-10-12-17(13-11-16)27-21(14-20(26-27)15-6-2-1-3-7-15)22(28)25-19-9-5-4-8-18(19)24/h1-14H,(H,25,28). The van der Waals surface area contributed by atoms with Crippen LogP contribution in [0.2, 0.25) is 0 Å². The zero-order valence-corrected chi connectivity index (χ0v) is 14.6. The average Bonchev–Trinajstić information content (AvgIpc) is 3.16. The highest BCUT2D eigenvalue weighted by atomic mass is 19.1. The number of amides is 1. The van der Waals surface area contributed by atoms with Gasteiger partial charge in [-0.1, -0.05) is 42.5 Å². The van der Waals surface area contributed by atoms with Crippen molar-refractivity contribution in [3.05, 3.63) is 102 Å². The number of nitrogens with zero attached hydrogens (tertiary/aromatic N) is 2. The van der Waals surface area contributed by atoms with E-state index in [2.05, 4.69) is 10.4 Å². The lowest BCUT2D eigenvalue weighted by Gasteiger charge is -2.09. The van der Waals surface area contributed by atoms with Crippen molar-refractivity contribution in [1.29, 1.82) is 0 Å². The fourth-order valence-corrected chi connectivity index (χ4v) is 2.82. The first-order valence-corrected chi connectivity index (χ1v) is 8.59. The summed E-state index contributed by atoms with van der Waals surface area (Å²) in [6.07, 6.45) is 0. The Morgan fingerprint density at radius 2 is 1.54 bits per heavy atom. The molecule has 3 aromatic carbocycles. The molecule has 0 unspecified atom stereocenters. The summed E-state index contributed by atoms with van der Waals surface area (Å²) in [7, 11) is 0. The van der Waals surface area contributed by atoms with E-state index in [0.29, 0.717) is 11.4 Å². The monoisotopic (exact) mass is 375 g/mol. The van der Waals surface area contributed by atoms with Gasteiger partial charge in [0.2, 0.25) is 0 Å². The summed E-state index contributed by atoms with van der Waals surface area (Å²) in [6, 6.07) is 22.5. The first kappa shape index (κ1) is 17.6. The zero-order chi connectivity index (χ0) is 19.5. The van der Waals surface area contributed by atoms with Crippen molar-refractivity contribution in [3.63, 3.8) is 0 Å². The van der Waals surface area contributed by atoms with E-state index >= 15 is 0 Å². The molecule has 138 valence electrons. The minimum absolute atomic E-state index is 0.0700. The molecule has 4 aromatic rings. The fraction of sp³-hybridized carbons (Fsp3) is 0. The van der Waals surface area contributed by atoms with Crippen LogP contribution in [-0.4, -0.2) is 15.7 Å². The van der Waals surface area contributed by atoms with Gasteiger partial charge in [-0.25, -0.2) is 13.5 Å². The Morgan fingerprint density at radius 3 is 2.25 bits per heavy atom. The van der Waals surface area contributed by atoms with Crippen LogP contribution < -0.4 is 5.32 Å². The summed E-state index contributed by atoms with van der Waals surface area (Å²) in [5.74, 6) is -1.45. The van der Waals surface area contributed by atoms with Gasteiger partial charge in [-0.3, -0.25) is 4.79 Å². The second-order valence-corrected chi connectivity index (χ2v) is 6.10. The largest absolute Gasteiger partial charge is 0.318 e. The molecule has 0 aliphatic rings. The number of rotatable bonds is 4. The van der Waals surface area contributed by atoms with Crippen LogP contribution in [0.25, 0.3) is 16.9 Å². The Morgan fingerprint density at radius 1 is 0.857 bits per heavy atom. The average molecular weight is 375 g/mol. The van der Waals surface area contributed by atoms with Gasteiger partial charge in [0, 0.05) is 5.56 Å². The summed E-state index contributed by atoms with van der Waals surface area (Å²) in [5, 5.41) is 7.07. The fourth-order valence-electron chi connectivity index (χ4n) is 2.82. The molecular weight excluding hydrogens is 360 g/mol. The van der Waals surface area contributed by atoms with Crippen LogP contribution in [0.3, 0.4) is 0 Å². The SMILES string of the molecule is O=C(Nc1ccccc1F)c1cc(-c2ccccc2)nn1-c1ccc(F)cc1. The molecule has 6 heteroatoms. The number of halogens is 2. The van der Waals surface area contributed by atoms with Crippen molar-refractivity contribution in [3.8, 4) is 16.9 Å². The predicted octanol–water partition coefficient (Wildman–Crippen LogP) is 5.07. The van der Waals surface area contributed by atoms with Crippen molar-refractivity contribution in [1.82, 2.24) is 9.78 Å². The maximum atomic E-state index is 13.9. The molecule has 1 amide bonds. The molecule has 0 radical (unpaired) electrons. The van der Waals surface area contributed by atoms with E-state index in [1.165, 1.54) is 41.1 Å². The number of aromatic nitrogens is 2. The highest BCUT2D eigenvalue weighted by molar-refractivity contribution is 6.04. The van der Waals surface area contributed by atoms with E-state index in [4.69, 9.17) is 0 Å². The molecule has 4 rings (SSSR count). The summed E-state index contributed by atoms with van der Waals surface area (Å²) >= 11 is 0. The van der Waals surface area contributed by atoms with Crippen LogP contribution >= 0.6 is 0 Å². The van der Waals surface area contributed by atoms with Crippen molar-refractivity contribution in [2.45, 2.75) is 0 Å². The molecule has 1 aromatic heterocycles. The Balaban J connectivity index is 1.78. The number of hydrogen-bond acceptors (Lipinski definition) is 2. The molecule has 0 saturated heterocycles. The third-order valence-corrected chi connectivity index (χ3v) is 4.20. The second kappa shape index (κ2) is 7.44. The molecule has 0 spiro atoms. The maximum absolute atomic E-state index is 13.9. The van der Waals surface area contributed by atoms with Crippen LogP contribution in [0.5, 0.6) is 0 Å². The van der Waals surface area contributed by atoms with E-state index in [9.17, 15) is 13.6 Å². The summed E-state index contributed by atoms with van der Waals surface area (Å²) in [6.45, 7) is 0. The Bertz CT molecular complexity index is 1120. The molecule has 0 atom stereocenters. The van der Waals surface area contributed by atoms with E-state index in [-0.39, 0.29) is 11.4 Å². The number of hydrogen-bond donors (Lipinski definition) is 1. The molecule has 1 N–H and O–H groups in total. The molecule has 0 aliphatic heterocycles. The van der Waals surface area contributed by atoms with E-state index in [0.717, 1.165) is 5.56 Å².